The average Bonchev–Trinajstić information content (AvgIpc) is 3.25. The fourth-order valence-electron chi connectivity index (χ4n) is 3.31. The molecule has 1 N–H and O–H groups in total. The van der Waals surface area contributed by atoms with Crippen molar-refractivity contribution in [2.45, 2.75) is 19.4 Å². The van der Waals surface area contributed by atoms with E-state index < -0.39 is 0 Å². The van der Waals surface area contributed by atoms with Gasteiger partial charge in [-0.2, -0.15) is 0 Å². The molecule has 122 valence electrons. The molecule has 2 aromatic rings. The van der Waals surface area contributed by atoms with Crippen LogP contribution in [-0.2, 0) is 6.42 Å². The summed E-state index contributed by atoms with van der Waals surface area (Å²) in [6.45, 7) is 6.78. The standard InChI is InChI=1S/C18H22N2O2S/c1-2-14-4-6-17(23-14)18(20-9-7-19-8-10-20)13-3-5-15-16(11-13)22-12-21-15/h3-6,11,18-19H,2,7-10,12H2,1H3. The minimum atomic E-state index is 0.303. The Labute approximate surface area is 141 Å². The van der Waals surface area contributed by atoms with Crippen LogP contribution in [0.15, 0.2) is 30.3 Å². The highest BCUT2D eigenvalue weighted by atomic mass is 32.1. The maximum Gasteiger partial charge on any atom is 0.231 e. The Kier molecular flexibility index (Phi) is 4.25. The molecule has 0 bridgehead atoms. The lowest BCUT2D eigenvalue weighted by Gasteiger charge is -2.34. The van der Waals surface area contributed by atoms with E-state index in [0.29, 0.717) is 12.8 Å². The molecule has 1 unspecified atom stereocenters. The highest BCUT2D eigenvalue weighted by Crippen LogP contribution is 2.39. The lowest BCUT2D eigenvalue weighted by Crippen LogP contribution is -2.45. The van der Waals surface area contributed by atoms with Gasteiger partial charge >= 0.3 is 0 Å². The van der Waals surface area contributed by atoms with Crippen LogP contribution in [0.2, 0.25) is 0 Å². The van der Waals surface area contributed by atoms with Crippen molar-refractivity contribution in [2.75, 3.05) is 33.0 Å². The zero-order chi connectivity index (χ0) is 15.6. The molecule has 1 atom stereocenters. The molecule has 0 radical (unpaired) electrons. The number of benzene rings is 1. The van der Waals surface area contributed by atoms with Gasteiger partial charge in [0.15, 0.2) is 11.5 Å². The molecular formula is C18H22N2O2S. The third-order valence-electron chi connectivity index (χ3n) is 4.53. The number of nitrogens with one attached hydrogen (secondary N) is 1. The van der Waals surface area contributed by atoms with E-state index in [9.17, 15) is 0 Å². The Bertz CT molecular complexity index is 679. The summed E-state index contributed by atoms with van der Waals surface area (Å²) < 4.78 is 11.1. The number of hydrogen-bond acceptors (Lipinski definition) is 5. The Morgan fingerprint density at radius 1 is 1.13 bits per heavy atom. The molecule has 0 saturated carbocycles. The number of hydrogen-bond donors (Lipinski definition) is 1. The van der Waals surface area contributed by atoms with E-state index in [-0.39, 0.29) is 0 Å². The van der Waals surface area contributed by atoms with Gasteiger partial charge in [0.1, 0.15) is 0 Å². The summed E-state index contributed by atoms with van der Waals surface area (Å²) >= 11 is 1.93. The molecule has 1 aromatic heterocycles. The van der Waals surface area contributed by atoms with Crippen LogP contribution in [-0.4, -0.2) is 37.9 Å². The lowest BCUT2D eigenvalue weighted by molar-refractivity contribution is 0.173. The molecule has 3 heterocycles. The molecular weight excluding hydrogens is 308 g/mol. The van der Waals surface area contributed by atoms with Crippen LogP contribution in [0.5, 0.6) is 11.5 Å². The van der Waals surface area contributed by atoms with Gasteiger partial charge in [-0.05, 0) is 36.2 Å². The number of piperazine rings is 1. The Morgan fingerprint density at radius 3 is 2.74 bits per heavy atom. The number of aryl methyl sites for hydroxylation is 1. The second-order valence-corrected chi connectivity index (χ2v) is 7.16. The van der Waals surface area contributed by atoms with Crippen molar-refractivity contribution in [1.29, 1.82) is 0 Å². The summed E-state index contributed by atoms with van der Waals surface area (Å²) in [6.07, 6.45) is 1.10. The average molecular weight is 330 g/mol. The molecule has 4 rings (SSSR count). The predicted molar refractivity (Wildman–Crippen MR) is 92.5 cm³/mol. The third kappa shape index (κ3) is 2.96. The van der Waals surface area contributed by atoms with Crippen LogP contribution in [0, 0.1) is 0 Å². The van der Waals surface area contributed by atoms with Gasteiger partial charge in [0.25, 0.3) is 0 Å². The van der Waals surface area contributed by atoms with Crippen molar-refractivity contribution < 1.29 is 9.47 Å². The van der Waals surface area contributed by atoms with Gasteiger partial charge in [0.05, 0.1) is 6.04 Å². The molecule has 4 nitrogen and oxygen atoms in total. The van der Waals surface area contributed by atoms with Gasteiger partial charge in [-0.1, -0.05) is 13.0 Å². The molecule has 1 fully saturated rings. The van der Waals surface area contributed by atoms with Crippen LogP contribution in [0.1, 0.15) is 28.3 Å². The van der Waals surface area contributed by atoms with E-state index in [1.54, 1.807) is 0 Å². The number of ether oxygens (including phenoxy) is 2. The Hall–Kier alpha value is -1.56. The number of fused-ring (bicyclic) bond motifs is 1. The Morgan fingerprint density at radius 2 is 1.96 bits per heavy atom. The highest BCUT2D eigenvalue weighted by molar-refractivity contribution is 7.12. The maximum atomic E-state index is 5.59. The minimum Gasteiger partial charge on any atom is -0.454 e. The van der Waals surface area contributed by atoms with Crippen LogP contribution >= 0.6 is 11.3 Å². The van der Waals surface area contributed by atoms with Crippen LogP contribution < -0.4 is 14.8 Å². The fourth-order valence-corrected chi connectivity index (χ4v) is 4.43. The second kappa shape index (κ2) is 6.51. The van der Waals surface area contributed by atoms with Gasteiger partial charge < -0.3 is 14.8 Å². The smallest absolute Gasteiger partial charge is 0.231 e. The van der Waals surface area contributed by atoms with E-state index in [1.165, 1.54) is 15.3 Å². The topological polar surface area (TPSA) is 33.7 Å². The number of thiophene rings is 1. The summed E-state index contributed by atoms with van der Waals surface area (Å²) in [5.74, 6) is 1.73. The van der Waals surface area contributed by atoms with Gasteiger partial charge in [0.2, 0.25) is 6.79 Å². The highest BCUT2D eigenvalue weighted by Gasteiger charge is 2.27. The maximum absolute atomic E-state index is 5.59. The Balaban J connectivity index is 1.71. The zero-order valence-electron chi connectivity index (χ0n) is 13.4. The summed E-state index contributed by atoms with van der Waals surface area (Å²) in [5.41, 5.74) is 1.29. The molecule has 2 aliphatic rings. The predicted octanol–water partition coefficient (Wildman–Crippen LogP) is 3.03. The molecule has 23 heavy (non-hydrogen) atoms. The van der Waals surface area contributed by atoms with Crippen LogP contribution in [0.25, 0.3) is 0 Å². The SMILES string of the molecule is CCc1ccc(C(c2ccc3c(c2)OCO3)N2CCNCC2)s1. The van der Waals surface area contributed by atoms with E-state index in [2.05, 4.69) is 41.4 Å². The molecule has 5 heteroatoms. The summed E-state index contributed by atoms with van der Waals surface area (Å²) in [4.78, 5) is 5.43. The first-order valence-corrected chi connectivity index (χ1v) is 9.09. The van der Waals surface area contributed by atoms with Gasteiger partial charge in [-0.25, -0.2) is 0 Å². The molecule has 2 aliphatic heterocycles. The largest absolute Gasteiger partial charge is 0.454 e. The van der Waals surface area contributed by atoms with Crippen molar-refractivity contribution >= 4 is 11.3 Å². The van der Waals surface area contributed by atoms with Crippen molar-refractivity contribution in [3.05, 3.63) is 45.6 Å². The van der Waals surface area contributed by atoms with E-state index >= 15 is 0 Å². The van der Waals surface area contributed by atoms with Gasteiger partial charge in [-0.3, -0.25) is 4.90 Å². The van der Waals surface area contributed by atoms with Crippen molar-refractivity contribution in [2.24, 2.45) is 0 Å². The summed E-state index contributed by atoms with van der Waals surface area (Å²) in [5, 5.41) is 3.45. The molecule has 0 aliphatic carbocycles. The normalized spacial score (nSPS) is 19.0. The van der Waals surface area contributed by atoms with E-state index in [1.807, 2.05) is 17.4 Å². The van der Waals surface area contributed by atoms with Crippen LogP contribution in [0.4, 0.5) is 0 Å². The summed E-state index contributed by atoms with van der Waals surface area (Å²) in [6, 6.07) is 11.2. The number of rotatable bonds is 4. The van der Waals surface area contributed by atoms with E-state index in [4.69, 9.17) is 9.47 Å². The molecule has 0 amide bonds. The molecule has 1 saturated heterocycles. The molecule has 0 spiro atoms. The minimum absolute atomic E-state index is 0.303. The van der Waals surface area contributed by atoms with Crippen molar-refractivity contribution in [3.63, 3.8) is 0 Å². The fraction of sp³-hybridized carbons (Fsp3) is 0.444. The first kappa shape index (κ1) is 15.0. The number of nitrogens with zero attached hydrogens (tertiary/aromatic N) is 1. The second-order valence-electron chi connectivity index (χ2n) is 5.96. The van der Waals surface area contributed by atoms with Crippen molar-refractivity contribution in [3.8, 4) is 11.5 Å². The zero-order valence-corrected chi connectivity index (χ0v) is 14.2. The summed E-state index contributed by atoms with van der Waals surface area (Å²) in [7, 11) is 0. The first-order valence-electron chi connectivity index (χ1n) is 8.28. The monoisotopic (exact) mass is 330 g/mol. The molecule has 1 aromatic carbocycles. The van der Waals surface area contributed by atoms with Crippen molar-refractivity contribution in [1.82, 2.24) is 10.2 Å². The van der Waals surface area contributed by atoms with E-state index in [0.717, 1.165) is 44.1 Å². The quantitative estimate of drug-likeness (QED) is 0.934. The first-order chi connectivity index (χ1) is 11.3. The lowest BCUT2D eigenvalue weighted by atomic mass is 10.0. The van der Waals surface area contributed by atoms with Gasteiger partial charge in [0, 0.05) is 35.9 Å². The third-order valence-corrected chi connectivity index (χ3v) is 5.81. The van der Waals surface area contributed by atoms with Gasteiger partial charge in [-0.15, -0.1) is 11.3 Å². The van der Waals surface area contributed by atoms with Crippen LogP contribution in [0.3, 0.4) is 0 Å².